The highest BCUT2D eigenvalue weighted by Gasteiger charge is 2.41. The topological polar surface area (TPSA) is 86.4 Å². The molecular formula is C16H10F3N3O4. The molecule has 4 rings (SSSR count). The second-order valence-electron chi connectivity index (χ2n) is 5.64. The molecular weight excluding hydrogens is 355 g/mol. The number of carboxylic acids is 1. The summed E-state index contributed by atoms with van der Waals surface area (Å²) < 4.78 is 47.8. The second-order valence-corrected chi connectivity index (χ2v) is 5.64. The minimum Gasteiger partial charge on any atom is -0.490 e. The van der Waals surface area contributed by atoms with Crippen LogP contribution in [0.5, 0.6) is 5.75 Å². The van der Waals surface area contributed by atoms with Crippen LogP contribution in [0.3, 0.4) is 0 Å². The Morgan fingerprint density at radius 1 is 1.31 bits per heavy atom. The number of carbonyl (C=O) groups is 1. The number of rotatable bonds is 2. The van der Waals surface area contributed by atoms with Crippen molar-refractivity contribution < 1.29 is 27.8 Å². The molecule has 0 atom stereocenters. The van der Waals surface area contributed by atoms with Crippen molar-refractivity contribution in [3.8, 4) is 11.4 Å². The normalized spacial score (nSPS) is 13.7. The fraction of sp³-hybridized carbons (Fsp3) is 0.188. The molecule has 0 amide bonds. The molecule has 0 saturated heterocycles. The van der Waals surface area contributed by atoms with Crippen molar-refractivity contribution in [1.29, 1.82) is 0 Å². The molecule has 0 unspecified atom stereocenters. The molecule has 1 aromatic carbocycles. The Hall–Kier alpha value is -3.30. The van der Waals surface area contributed by atoms with Gasteiger partial charge in [0, 0.05) is 11.5 Å². The maximum Gasteiger partial charge on any atom is 0.434 e. The first-order chi connectivity index (χ1) is 12.3. The highest BCUT2D eigenvalue weighted by atomic mass is 19.4. The molecule has 0 spiro atoms. The van der Waals surface area contributed by atoms with Gasteiger partial charge in [0.05, 0.1) is 23.9 Å². The van der Waals surface area contributed by atoms with E-state index in [1.165, 1.54) is 10.6 Å². The SMILES string of the molecule is O=C(O)c1cnn(-c2cc(=O)n3c4c(cccc24)OCC3)c1C(F)(F)F. The molecule has 3 heterocycles. The van der Waals surface area contributed by atoms with E-state index >= 15 is 0 Å². The Morgan fingerprint density at radius 2 is 2.08 bits per heavy atom. The van der Waals surface area contributed by atoms with E-state index in [0.717, 1.165) is 6.07 Å². The highest BCUT2D eigenvalue weighted by Crippen LogP contribution is 2.36. The zero-order valence-corrected chi connectivity index (χ0v) is 12.9. The van der Waals surface area contributed by atoms with Crippen molar-refractivity contribution in [2.24, 2.45) is 0 Å². The summed E-state index contributed by atoms with van der Waals surface area (Å²) in [6, 6.07) is 5.74. The fourth-order valence-electron chi connectivity index (χ4n) is 3.11. The van der Waals surface area contributed by atoms with Gasteiger partial charge in [-0.15, -0.1) is 0 Å². The molecule has 7 nitrogen and oxygen atoms in total. The number of aromatic nitrogens is 3. The van der Waals surface area contributed by atoms with Crippen molar-refractivity contribution in [1.82, 2.24) is 14.3 Å². The largest absolute Gasteiger partial charge is 0.490 e. The van der Waals surface area contributed by atoms with E-state index in [2.05, 4.69) is 5.10 Å². The lowest BCUT2D eigenvalue weighted by Crippen LogP contribution is -2.28. The molecule has 1 aliphatic rings. The summed E-state index contributed by atoms with van der Waals surface area (Å²) in [5.41, 5.74) is -2.78. The van der Waals surface area contributed by atoms with Crippen molar-refractivity contribution in [3.63, 3.8) is 0 Å². The zero-order valence-electron chi connectivity index (χ0n) is 12.9. The number of alkyl halides is 3. The number of carboxylic acid groups (broad SMARTS) is 1. The average molecular weight is 365 g/mol. The molecule has 2 aromatic heterocycles. The monoisotopic (exact) mass is 365 g/mol. The summed E-state index contributed by atoms with van der Waals surface area (Å²) >= 11 is 0. The molecule has 1 aliphatic heterocycles. The fourth-order valence-corrected chi connectivity index (χ4v) is 3.11. The van der Waals surface area contributed by atoms with Gasteiger partial charge in [-0.25, -0.2) is 9.48 Å². The van der Waals surface area contributed by atoms with Gasteiger partial charge in [0.25, 0.3) is 5.56 Å². The van der Waals surface area contributed by atoms with E-state index in [1.807, 2.05) is 0 Å². The van der Waals surface area contributed by atoms with Gasteiger partial charge in [-0.2, -0.15) is 18.3 Å². The van der Waals surface area contributed by atoms with Gasteiger partial charge in [-0.05, 0) is 6.07 Å². The lowest BCUT2D eigenvalue weighted by atomic mass is 10.1. The van der Waals surface area contributed by atoms with Crippen molar-refractivity contribution in [2.45, 2.75) is 12.7 Å². The van der Waals surface area contributed by atoms with Crippen LogP contribution in [0.15, 0.2) is 35.3 Å². The minimum absolute atomic E-state index is 0.159. The van der Waals surface area contributed by atoms with E-state index in [4.69, 9.17) is 9.84 Å². The molecule has 0 saturated carbocycles. The number of benzene rings is 1. The molecule has 1 N–H and O–H groups in total. The lowest BCUT2D eigenvalue weighted by Gasteiger charge is -2.22. The van der Waals surface area contributed by atoms with Crippen LogP contribution in [-0.4, -0.2) is 32.0 Å². The Bertz CT molecular complexity index is 1110. The third-order valence-corrected chi connectivity index (χ3v) is 4.14. The molecule has 0 aliphatic carbocycles. The summed E-state index contributed by atoms with van der Waals surface area (Å²) in [5.74, 6) is -1.39. The molecule has 26 heavy (non-hydrogen) atoms. The number of nitrogens with zero attached hydrogens (tertiary/aromatic N) is 3. The maximum absolute atomic E-state index is 13.5. The quantitative estimate of drug-likeness (QED) is 0.753. The van der Waals surface area contributed by atoms with Crippen LogP contribution in [0.1, 0.15) is 16.1 Å². The second kappa shape index (κ2) is 5.35. The number of pyridine rings is 1. The molecule has 0 radical (unpaired) electrons. The summed E-state index contributed by atoms with van der Waals surface area (Å²) in [6.45, 7) is 0.530. The van der Waals surface area contributed by atoms with Gasteiger partial charge in [0.1, 0.15) is 17.9 Å². The molecule has 3 aromatic rings. The summed E-state index contributed by atoms with van der Waals surface area (Å²) in [7, 11) is 0. The van der Waals surface area contributed by atoms with Crippen molar-refractivity contribution in [3.05, 3.63) is 52.1 Å². The van der Waals surface area contributed by atoms with Gasteiger partial charge in [0.15, 0.2) is 5.69 Å². The Morgan fingerprint density at radius 3 is 2.77 bits per heavy atom. The number of hydrogen-bond donors (Lipinski definition) is 1. The van der Waals surface area contributed by atoms with Crippen LogP contribution in [0, 0.1) is 0 Å². The Labute approximate surface area is 142 Å². The zero-order chi connectivity index (χ0) is 18.6. The van der Waals surface area contributed by atoms with Gasteiger partial charge in [-0.1, -0.05) is 12.1 Å². The van der Waals surface area contributed by atoms with Gasteiger partial charge in [0.2, 0.25) is 0 Å². The predicted molar refractivity (Wildman–Crippen MR) is 82.8 cm³/mol. The van der Waals surface area contributed by atoms with Crippen LogP contribution < -0.4 is 10.3 Å². The number of aromatic carboxylic acids is 1. The standard InChI is InChI=1S/C16H10F3N3O4/c17-16(18,19)14-9(15(24)25)7-20-22(14)10-6-12(23)21-4-5-26-11-3-1-2-8(10)13(11)21/h1-3,6-7H,4-5H2,(H,24,25). The summed E-state index contributed by atoms with van der Waals surface area (Å²) in [5, 5.41) is 12.9. The first kappa shape index (κ1) is 16.2. The average Bonchev–Trinajstić information content (AvgIpc) is 3.03. The molecule has 0 bridgehead atoms. The maximum atomic E-state index is 13.5. The molecule has 0 fully saturated rings. The summed E-state index contributed by atoms with van der Waals surface area (Å²) in [4.78, 5) is 23.6. The third kappa shape index (κ3) is 2.25. The van der Waals surface area contributed by atoms with Crippen LogP contribution in [0.25, 0.3) is 16.6 Å². The third-order valence-electron chi connectivity index (χ3n) is 4.14. The minimum atomic E-state index is -4.98. The van der Waals surface area contributed by atoms with E-state index in [1.54, 1.807) is 12.1 Å². The number of hydrogen-bond acceptors (Lipinski definition) is 4. The molecule has 10 heteroatoms. The van der Waals surface area contributed by atoms with Crippen LogP contribution in [-0.2, 0) is 12.7 Å². The Kier molecular flexibility index (Phi) is 3.33. The highest BCUT2D eigenvalue weighted by molar-refractivity contribution is 5.93. The van der Waals surface area contributed by atoms with Crippen LogP contribution in [0.4, 0.5) is 13.2 Å². The number of ether oxygens (including phenoxy) is 1. The first-order valence-electron chi connectivity index (χ1n) is 7.47. The number of para-hydroxylation sites is 1. The molecule has 134 valence electrons. The van der Waals surface area contributed by atoms with Crippen LogP contribution >= 0.6 is 0 Å². The van der Waals surface area contributed by atoms with E-state index in [-0.39, 0.29) is 18.8 Å². The van der Waals surface area contributed by atoms with E-state index < -0.39 is 29.0 Å². The smallest absolute Gasteiger partial charge is 0.434 e. The predicted octanol–water partition coefficient (Wildman–Crippen LogP) is 2.30. The van der Waals surface area contributed by atoms with Crippen molar-refractivity contribution in [2.75, 3.05) is 6.61 Å². The lowest BCUT2D eigenvalue weighted by molar-refractivity contribution is -0.143. The Balaban J connectivity index is 2.11. The van der Waals surface area contributed by atoms with Gasteiger partial charge >= 0.3 is 12.1 Å². The first-order valence-corrected chi connectivity index (χ1v) is 7.47. The van der Waals surface area contributed by atoms with Crippen LogP contribution in [0.2, 0.25) is 0 Å². The van der Waals surface area contributed by atoms with E-state index in [0.29, 0.717) is 27.5 Å². The summed E-state index contributed by atoms with van der Waals surface area (Å²) in [6.07, 6.45) is -4.36. The number of halogens is 3. The van der Waals surface area contributed by atoms with Gasteiger partial charge < -0.3 is 14.4 Å². The van der Waals surface area contributed by atoms with E-state index in [9.17, 15) is 22.8 Å². The van der Waals surface area contributed by atoms with Gasteiger partial charge in [-0.3, -0.25) is 4.79 Å². The van der Waals surface area contributed by atoms with Crippen molar-refractivity contribution >= 4 is 16.9 Å².